The van der Waals surface area contributed by atoms with Crippen molar-refractivity contribution >= 4 is 11.7 Å². The van der Waals surface area contributed by atoms with Crippen molar-refractivity contribution in [2.24, 2.45) is 5.92 Å². The summed E-state index contributed by atoms with van der Waals surface area (Å²) < 4.78 is 18.9. The average Bonchev–Trinajstić information content (AvgIpc) is 3.17. The van der Waals surface area contributed by atoms with E-state index in [1.165, 1.54) is 11.8 Å². The number of para-hydroxylation sites is 2. The number of hydrogen-bond donors (Lipinski definition) is 1. The van der Waals surface area contributed by atoms with E-state index in [-0.39, 0.29) is 18.4 Å². The van der Waals surface area contributed by atoms with Gasteiger partial charge in [0.1, 0.15) is 6.61 Å². The molecule has 1 aliphatic heterocycles. The van der Waals surface area contributed by atoms with E-state index in [9.17, 15) is 9.18 Å². The fraction of sp³-hybridized carbons (Fsp3) is 0.381. The Kier molecular flexibility index (Phi) is 6.52. The van der Waals surface area contributed by atoms with E-state index in [1.54, 1.807) is 30.1 Å². The highest BCUT2D eigenvalue weighted by molar-refractivity contribution is 5.73. The summed E-state index contributed by atoms with van der Waals surface area (Å²) >= 11 is 0. The first-order chi connectivity index (χ1) is 13.1. The summed E-state index contributed by atoms with van der Waals surface area (Å²) in [7, 11) is 1.71. The lowest BCUT2D eigenvalue weighted by atomic mass is 10.1. The SMILES string of the molecule is CN(CCOc1ccccc1F)C(=O)NCC1CCN(c2ccccc2)C1. The third kappa shape index (κ3) is 5.36. The number of hydrogen-bond acceptors (Lipinski definition) is 3. The monoisotopic (exact) mass is 371 g/mol. The smallest absolute Gasteiger partial charge is 0.317 e. The van der Waals surface area contributed by atoms with Gasteiger partial charge in [-0.1, -0.05) is 30.3 Å². The number of carbonyl (C=O) groups excluding carboxylic acids is 1. The number of carbonyl (C=O) groups is 1. The highest BCUT2D eigenvalue weighted by Crippen LogP contribution is 2.23. The van der Waals surface area contributed by atoms with Crippen LogP contribution in [-0.4, -0.2) is 50.8 Å². The number of rotatable bonds is 7. The standard InChI is InChI=1S/C21H26FN3O2/c1-24(13-14-27-20-10-6-5-9-19(20)22)21(26)23-15-17-11-12-25(16-17)18-7-3-2-4-8-18/h2-10,17H,11-16H2,1H3,(H,23,26). The van der Waals surface area contributed by atoms with Crippen molar-refractivity contribution in [3.63, 3.8) is 0 Å². The van der Waals surface area contributed by atoms with Gasteiger partial charge in [-0.25, -0.2) is 9.18 Å². The van der Waals surface area contributed by atoms with Crippen LogP contribution in [0.5, 0.6) is 5.75 Å². The van der Waals surface area contributed by atoms with Crippen LogP contribution in [-0.2, 0) is 0 Å². The van der Waals surface area contributed by atoms with Crippen LogP contribution in [0.4, 0.5) is 14.9 Å². The molecule has 27 heavy (non-hydrogen) atoms. The van der Waals surface area contributed by atoms with Crippen LogP contribution in [0.3, 0.4) is 0 Å². The normalized spacial score (nSPS) is 16.2. The summed E-state index contributed by atoms with van der Waals surface area (Å²) in [5.74, 6) is 0.254. The van der Waals surface area contributed by atoms with Crippen molar-refractivity contribution in [1.29, 1.82) is 0 Å². The van der Waals surface area contributed by atoms with E-state index in [0.717, 1.165) is 19.5 Å². The summed E-state index contributed by atoms with van der Waals surface area (Å²) in [6.45, 7) is 3.25. The van der Waals surface area contributed by atoms with Crippen molar-refractivity contribution in [3.05, 3.63) is 60.4 Å². The molecule has 144 valence electrons. The number of anilines is 1. The second-order valence-corrected chi connectivity index (χ2v) is 6.82. The van der Waals surface area contributed by atoms with Crippen molar-refractivity contribution in [3.8, 4) is 5.75 Å². The fourth-order valence-corrected chi connectivity index (χ4v) is 3.20. The highest BCUT2D eigenvalue weighted by atomic mass is 19.1. The van der Waals surface area contributed by atoms with Crippen molar-refractivity contribution in [2.75, 3.05) is 44.7 Å². The summed E-state index contributed by atoms with van der Waals surface area (Å²) in [5, 5.41) is 2.99. The molecule has 0 bridgehead atoms. The van der Waals surface area contributed by atoms with Crippen LogP contribution in [0.25, 0.3) is 0 Å². The molecular weight excluding hydrogens is 345 g/mol. The zero-order valence-electron chi connectivity index (χ0n) is 15.6. The number of nitrogens with one attached hydrogen (secondary N) is 1. The number of urea groups is 1. The van der Waals surface area contributed by atoms with Gasteiger partial charge in [-0.3, -0.25) is 0 Å². The van der Waals surface area contributed by atoms with Gasteiger partial charge in [0.2, 0.25) is 0 Å². The highest BCUT2D eigenvalue weighted by Gasteiger charge is 2.23. The quantitative estimate of drug-likeness (QED) is 0.812. The third-order valence-electron chi connectivity index (χ3n) is 4.82. The van der Waals surface area contributed by atoms with E-state index < -0.39 is 5.82 Å². The molecule has 6 heteroatoms. The van der Waals surface area contributed by atoms with Crippen LogP contribution in [0, 0.1) is 11.7 Å². The van der Waals surface area contributed by atoms with Crippen LogP contribution in [0.2, 0.25) is 0 Å². The summed E-state index contributed by atoms with van der Waals surface area (Å²) in [4.78, 5) is 16.1. The third-order valence-corrected chi connectivity index (χ3v) is 4.82. The fourth-order valence-electron chi connectivity index (χ4n) is 3.20. The second-order valence-electron chi connectivity index (χ2n) is 6.82. The van der Waals surface area contributed by atoms with Crippen LogP contribution >= 0.6 is 0 Å². The summed E-state index contributed by atoms with van der Waals surface area (Å²) in [6.07, 6.45) is 1.06. The van der Waals surface area contributed by atoms with Crippen LogP contribution < -0.4 is 15.0 Å². The maximum absolute atomic E-state index is 13.5. The first kappa shape index (κ1) is 19.0. The van der Waals surface area contributed by atoms with Crippen molar-refractivity contribution in [1.82, 2.24) is 10.2 Å². The molecule has 1 aliphatic rings. The Morgan fingerprint density at radius 3 is 2.74 bits per heavy atom. The van der Waals surface area contributed by atoms with Crippen molar-refractivity contribution < 1.29 is 13.9 Å². The zero-order chi connectivity index (χ0) is 19.1. The van der Waals surface area contributed by atoms with E-state index in [1.807, 2.05) is 18.2 Å². The number of halogens is 1. The van der Waals surface area contributed by atoms with Gasteiger partial charge in [0.05, 0.1) is 6.54 Å². The molecule has 1 unspecified atom stereocenters. The van der Waals surface area contributed by atoms with Crippen LogP contribution in [0.1, 0.15) is 6.42 Å². The number of amides is 2. The lowest BCUT2D eigenvalue weighted by molar-refractivity contribution is 0.192. The minimum Gasteiger partial charge on any atom is -0.489 e. The first-order valence-electron chi connectivity index (χ1n) is 9.30. The topological polar surface area (TPSA) is 44.8 Å². The minimum absolute atomic E-state index is 0.134. The number of likely N-dealkylation sites (N-methyl/N-ethyl adjacent to an activating group) is 1. The van der Waals surface area contributed by atoms with Gasteiger partial charge < -0.3 is 19.9 Å². The number of ether oxygens (including phenoxy) is 1. The molecule has 0 radical (unpaired) electrons. The Morgan fingerprint density at radius 1 is 1.22 bits per heavy atom. The first-order valence-corrected chi connectivity index (χ1v) is 9.30. The molecule has 1 fully saturated rings. The van der Waals surface area contributed by atoms with Gasteiger partial charge in [0, 0.05) is 32.4 Å². The Bertz CT molecular complexity index is 741. The van der Waals surface area contributed by atoms with Gasteiger partial charge in [-0.05, 0) is 36.6 Å². The molecular formula is C21H26FN3O2. The predicted molar refractivity (Wildman–Crippen MR) is 105 cm³/mol. The van der Waals surface area contributed by atoms with Gasteiger partial charge in [-0.15, -0.1) is 0 Å². The number of benzene rings is 2. The average molecular weight is 371 g/mol. The molecule has 0 spiro atoms. The lowest BCUT2D eigenvalue weighted by Crippen LogP contribution is -2.41. The number of nitrogens with zero attached hydrogens (tertiary/aromatic N) is 2. The minimum atomic E-state index is -0.395. The van der Waals surface area contributed by atoms with E-state index in [0.29, 0.717) is 19.0 Å². The lowest BCUT2D eigenvalue weighted by Gasteiger charge is -2.21. The molecule has 1 N–H and O–H groups in total. The van der Waals surface area contributed by atoms with Gasteiger partial charge in [-0.2, -0.15) is 0 Å². The van der Waals surface area contributed by atoms with E-state index >= 15 is 0 Å². The molecule has 0 aliphatic carbocycles. The van der Waals surface area contributed by atoms with Crippen LogP contribution in [0.15, 0.2) is 54.6 Å². The summed E-state index contributed by atoms with van der Waals surface area (Å²) in [6, 6.07) is 16.5. The van der Waals surface area contributed by atoms with Gasteiger partial charge in [0.15, 0.2) is 11.6 Å². The molecule has 5 nitrogen and oxygen atoms in total. The Morgan fingerprint density at radius 2 is 1.96 bits per heavy atom. The molecule has 0 aromatic heterocycles. The largest absolute Gasteiger partial charge is 0.489 e. The van der Waals surface area contributed by atoms with Gasteiger partial charge in [0.25, 0.3) is 0 Å². The molecule has 2 aromatic carbocycles. The van der Waals surface area contributed by atoms with E-state index in [4.69, 9.17) is 4.74 Å². The Hall–Kier alpha value is -2.76. The summed E-state index contributed by atoms with van der Waals surface area (Å²) in [5.41, 5.74) is 1.23. The maximum Gasteiger partial charge on any atom is 0.317 e. The zero-order valence-corrected chi connectivity index (χ0v) is 15.6. The molecule has 1 saturated heterocycles. The Balaban J connectivity index is 1.36. The molecule has 2 aromatic rings. The molecule has 1 heterocycles. The maximum atomic E-state index is 13.5. The predicted octanol–water partition coefficient (Wildman–Crippen LogP) is 3.37. The molecule has 1 atom stereocenters. The van der Waals surface area contributed by atoms with Gasteiger partial charge >= 0.3 is 6.03 Å². The van der Waals surface area contributed by atoms with Crippen molar-refractivity contribution in [2.45, 2.75) is 6.42 Å². The molecule has 2 amide bonds. The van der Waals surface area contributed by atoms with E-state index in [2.05, 4.69) is 22.3 Å². The Labute approximate surface area is 159 Å². The molecule has 3 rings (SSSR count). The second kappa shape index (κ2) is 9.26. The molecule has 0 saturated carbocycles.